The Balaban J connectivity index is 2.20. The van der Waals surface area contributed by atoms with Crippen LogP contribution in [0.15, 0.2) is 30.3 Å². The Bertz CT molecular complexity index is 451. The minimum Gasteiger partial charge on any atom is -0.361 e. The second kappa shape index (κ2) is 11.2. The maximum atomic E-state index is 5.24. The van der Waals surface area contributed by atoms with Gasteiger partial charge in [0.1, 0.15) is 0 Å². The van der Waals surface area contributed by atoms with E-state index in [9.17, 15) is 0 Å². The highest BCUT2D eigenvalue weighted by Crippen LogP contribution is 2.10. The van der Waals surface area contributed by atoms with Crippen LogP contribution in [0.1, 0.15) is 39.5 Å². The fourth-order valence-electron chi connectivity index (χ4n) is 2.02. The van der Waals surface area contributed by atoms with Crippen LogP contribution in [0.5, 0.6) is 0 Å². The molecule has 0 aliphatic carbocycles. The maximum absolute atomic E-state index is 5.24. The molecule has 0 bridgehead atoms. The molecule has 0 spiro atoms. The summed E-state index contributed by atoms with van der Waals surface area (Å²) < 4.78 is 0. The third-order valence-corrected chi connectivity index (χ3v) is 3.87. The summed E-state index contributed by atoms with van der Waals surface area (Å²) in [5.74, 6) is 0.661. The van der Waals surface area contributed by atoms with Gasteiger partial charge in [-0.2, -0.15) is 0 Å². The first kappa shape index (κ1) is 18.6. The smallest absolute Gasteiger partial charge is 0.189 e. The lowest BCUT2D eigenvalue weighted by molar-refractivity contribution is 0.444. The Morgan fingerprint density at radius 2 is 1.73 bits per heavy atom. The standard InChI is InChI=1S/C16H26N4S2/c1-3-5-9-13(4-2)12-17-15(21)19-20-16(22)18-14-10-7-6-8-11-14/h6-8,10-11,13H,3-5,9,12H2,1-2H3,(H2,17,19,21)(H2,18,20,22)/t13-/m0/s1. The number of benzene rings is 1. The molecule has 0 aromatic heterocycles. The molecule has 0 radical (unpaired) electrons. The van der Waals surface area contributed by atoms with Gasteiger partial charge in [0.25, 0.3) is 0 Å². The highest BCUT2D eigenvalue weighted by atomic mass is 32.1. The first-order valence-corrected chi connectivity index (χ1v) is 8.63. The molecule has 4 N–H and O–H groups in total. The second-order valence-corrected chi connectivity index (χ2v) is 6.01. The minimum absolute atomic E-state index is 0.480. The first-order chi connectivity index (χ1) is 10.7. The van der Waals surface area contributed by atoms with Crippen molar-refractivity contribution < 1.29 is 0 Å². The Morgan fingerprint density at radius 3 is 2.36 bits per heavy atom. The highest BCUT2D eigenvalue weighted by molar-refractivity contribution is 7.80. The van der Waals surface area contributed by atoms with Crippen LogP contribution in [0.2, 0.25) is 0 Å². The van der Waals surface area contributed by atoms with Gasteiger partial charge in [0.15, 0.2) is 10.2 Å². The van der Waals surface area contributed by atoms with Gasteiger partial charge in [-0.15, -0.1) is 0 Å². The van der Waals surface area contributed by atoms with Crippen molar-refractivity contribution in [1.82, 2.24) is 16.2 Å². The summed E-state index contributed by atoms with van der Waals surface area (Å²) in [6.45, 7) is 5.33. The van der Waals surface area contributed by atoms with Crippen LogP contribution in [0, 0.1) is 5.92 Å². The molecule has 1 atom stereocenters. The van der Waals surface area contributed by atoms with Gasteiger partial charge >= 0.3 is 0 Å². The lowest BCUT2D eigenvalue weighted by atomic mass is 9.99. The monoisotopic (exact) mass is 338 g/mol. The molecular formula is C16H26N4S2. The summed E-state index contributed by atoms with van der Waals surface area (Å²) >= 11 is 10.4. The van der Waals surface area contributed by atoms with Crippen LogP contribution in [0.3, 0.4) is 0 Å². The van der Waals surface area contributed by atoms with E-state index >= 15 is 0 Å². The number of hydrazine groups is 1. The van der Waals surface area contributed by atoms with E-state index in [1.54, 1.807) is 0 Å². The lowest BCUT2D eigenvalue weighted by Gasteiger charge is -2.18. The number of nitrogens with one attached hydrogen (secondary N) is 4. The number of rotatable bonds is 7. The number of hydrogen-bond donors (Lipinski definition) is 4. The van der Waals surface area contributed by atoms with E-state index in [0.29, 0.717) is 16.1 Å². The van der Waals surface area contributed by atoms with Gasteiger partial charge in [-0.25, -0.2) is 0 Å². The topological polar surface area (TPSA) is 48.1 Å². The van der Waals surface area contributed by atoms with Crippen molar-refractivity contribution in [3.05, 3.63) is 30.3 Å². The fraction of sp³-hybridized carbons (Fsp3) is 0.500. The molecule has 0 amide bonds. The molecule has 0 saturated carbocycles. The van der Waals surface area contributed by atoms with Crippen LogP contribution >= 0.6 is 24.4 Å². The second-order valence-electron chi connectivity index (χ2n) is 5.20. The third kappa shape index (κ3) is 8.14. The molecular weight excluding hydrogens is 312 g/mol. The van der Waals surface area contributed by atoms with Gasteiger partial charge in [0.05, 0.1) is 0 Å². The Hall–Kier alpha value is -1.40. The van der Waals surface area contributed by atoms with Crippen molar-refractivity contribution in [3.63, 3.8) is 0 Å². The van der Waals surface area contributed by atoms with Gasteiger partial charge in [-0.3, -0.25) is 10.9 Å². The first-order valence-electron chi connectivity index (χ1n) is 7.81. The lowest BCUT2D eigenvalue weighted by Crippen LogP contribution is -2.49. The summed E-state index contributed by atoms with van der Waals surface area (Å²) in [4.78, 5) is 0. The molecule has 0 unspecified atom stereocenters. The number of para-hydroxylation sites is 1. The van der Waals surface area contributed by atoms with Crippen molar-refractivity contribution >= 4 is 40.3 Å². The fourth-order valence-corrected chi connectivity index (χ4v) is 2.33. The van der Waals surface area contributed by atoms with E-state index < -0.39 is 0 Å². The summed E-state index contributed by atoms with van der Waals surface area (Å²) in [6, 6.07) is 9.76. The van der Waals surface area contributed by atoms with Crippen molar-refractivity contribution in [3.8, 4) is 0 Å². The highest BCUT2D eigenvalue weighted by Gasteiger charge is 2.06. The normalized spacial score (nSPS) is 11.4. The average Bonchev–Trinajstić information content (AvgIpc) is 2.54. The summed E-state index contributed by atoms with van der Waals surface area (Å²) in [5, 5.41) is 7.35. The number of unbranched alkanes of at least 4 members (excludes halogenated alkanes) is 1. The predicted molar refractivity (Wildman–Crippen MR) is 103 cm³/mol. The average molecular weight is 339 g/mol. The number of thiocarbonyl (C=S) groups is 2. The Labute approximate surface area is 144 Å². The zero-order chi connectivity index (χ0) is 16.2. The van der Waals surface area contributed by atoms with E-state index in [2.05, 4.69) is 35.3 Å². The van der Waals surface area contributed by atoms with E-state index in [-0.39, 0.29) is 0 Å². The molecule has 1 aromatic rings. The van der Waals surface area contributed by atoms with Crippen molar-refractivity contribution in [2.45, 2.75) is 39.5 Å². The molecule has 22 heavy (non-hydrogen) atoms. The summed E-state index contributed by atoms with van der Waals surface area (Å²) in [6.07, 6.45) is 4.91. The van der Waals surface area contributed by atoms with Crippen molar-refractivity contribution in [2.24, 2.45) is 5.92 Å². The van der Waals surface area contributed by atoms with Crippen LogP contribution < -0.4 is 21.5 Å². The van der Waals surface area contributed by atoms with E-state index in [1.165, 1.54) is 19.3 Å². The molecule has 0 fully saturated rings. The van der Waals surface area contributed by atoms with Gasteiger partial charge in [-0.1, -0.05) is 51.3 Å². The zero-order valence-electron chi connectivity index (χ0n) is 13.3. The Morgan fingerprint density at radius 1 is 1.05 bits per heavy atom. The number of hydrogen-bond acceptors (Lipinski definition) is 2. The van der Waals surface area contributed by atoms with Crippen molar-refractivity contribution in [2.75, 3.05) is 11.9 Å². The number of anilines is 1. The molecule has 0 aliphatic heterocycles. The molecule has 6 heteroatoms. The van der Waals surface area contributed by atoms with Gasteiger partial charge in [0.2, 0.25) is 0 Å². The third-order valence-electron chi connectivity index (χ3n) is 3.42. The molecule has 4 nitrogen and oxygen atoms in total. The van der Waals surface area contributed by atoms with E-state index in [0.717, 1.165) is 18.7 Å². The van der Waals surface area contributed by atoms with Gasteiger partial charge in [-0.05, 0) is 48.9 Å². The molecule has 1 rings (SSSR count). The molecule has 1 aromatic carbocycles. The molecule has 0 aliphatic rings. The summed E-state index contributed by atoms with van der Waals surface area (Å²) in [5.41, 5.74) is 6.72. The minimum atomic E-state index is 0.480. The van der Waals surface area contributed by atoms with E-state index in [4.69, 9.17) is 24.4 Å². The summed E-state index contributed by atoms with van der Waals surface area (Å²) in [7, 11) is 0. The Kier molecular flexibility index (Phi) is 9.50. The van der Waals surface area contributed by atoms with Crippen LogP contribution in [-0.2, 0) is 0 Å². The molecule has 122 valence electrons. The van der Waals surface area contributed by atoms with Crippen LogP contribution in [0.4, 0.5) is 5.69 Å². The van der Waals surface area contributed by atoms with E-state index in [1.807, 2.05) is 30.3 Å². The maximum Gasteiger partial charge on any atom is 0.189 e. The van der Waals surface area contributed by atoms with Crippen LogP contribution in [-0.4, -0.2) is 16.8 Å². The van der Waals surface area contributed by atoms with Gasteiger partial charge < -0.3 is 10.6 Å². The van der Waals surface area contributed by atoms with Gasteiger partial charge in [0, 0.05) is 12.2 Å². The quantitative estimate of drug-likeness (QED) is 0.450. The SMILES string of the molecule is CCCC[C@H](CC)CNC(=S)NNC(=S)Nc1ccccc1. The predicted octanol–water partition coefficient (Wildman–Crippen LogP) is 3.57. The molecule has 0 saturated heterocycles. The molecule has 0 heterocycles. The van der Waals surface area contributed by atoms with Crippen molar-refractivity contribution in [1.29, 1.82) is 0 Å². The zero-order valence-corrected chi connectivity index (χ0v) is 14.9. The largest absolute Gasteiger partial charge is 0.361 e. The van der Waals surface area contributed by atoms with Crippen LogP contribution in [0.25, 0.3) is 0 Å².